The van der Waals surface area contributed by atoms with Crippen LogP contribution in [-0.2, 0) is 16.0 Å². The Balaban J connectivity index is 1.63. The van der Waals surface area contributed by atoms with Crippen LogP contribution < -0.4 is 5.32 Å². The highest BCUT2D eigenvalue weighted by atomic mass is 35.5. The lowest BCUT2D eigenvalue weighted by Crippen LogP contribution is -2.38. The molecule has 1 aliphatic heterocycles. The van der Waals surface area contributed by atoms with Crippen molar-refractivity contribution in [1.82, 2.24) is 4.90 Å². The lowest BCUT2D eigenvalue weighted by atomic mass is 9.95. The van der Waals surface area contributed by atoms with Gasteiger partial charge in [0.05, 0.1) is 6.04 Å². The number of benzene rings is 3. The number of hydrogen-bond donors (Lipinski definition) is 1. The van der Waals surface area contributed by atoms with Crippen LogP contribution >= 0.6 is 11.6 Å². The van der Waals surface area contributed by atoms with Gasteiger partial charge in [-0.1, -0.05) is 72.3 Å². The van der Waals surface area contributed by atoms with Crippen LogP contribution in [-0.4, -0.2) is 23.3 Å². The molecular formula is C25H23ClN2O2. The van der Waals surface area contributed by atoms with Gasteiger partial charge in [0.2, 0.25) is 11.8 Å². The maximum atomic E-state index is 13.3. The first kappa shape index (κ1) is 20.2. The summed E-state index contributed by atoms with van der Waals surface area (Å²) in [7, 11) is 0. The highest BCUT2D eigenvalue weighted by Crippen LogP contribution is 2.37. The molecule has 0 aliphatic carbocycles. The number of nitrogens with zero attached hydrogens (tertiary/aromatic N) is 1. The summed E-state index contributed by atoms with van der Waals surface area (Å²) in [5.74, 6) is -0.240. The first-order valence-corrected chi connectivity index (χ1v) is 10.5. The van der Waals surface area contributed by atoms with E-state index in [2.05, 4.69) is 17.4 Å². The van der Waals surface area contributed by atoms with Crippen molar-refractivity contribution in [3.63, 3.8) is 0 Å². The van der Waals surface area contributed by atoms with Crippen LogP contribution in [0.15, 0.2) is 78.9 Å². The number of carbonyl (C=O) groups excluding carboxylic acids is 2. The molecule has 0 aromatic heterocycles. The molecule has 3 aromatic carbocycles. The summed E-state index contributed by atoms with van der Waals surface area (Å²) in [6, 6.07) is 24.9. The molecule has 1 heterocycles. The third-order valence-corrected chi connectivity index (χ3v) is 5.58. The number of amides is 2. The van der Waals surface area contributed by atoms with Crippen molar-refractivity contribution in [1.29, 1.82) is 0 Å². The van der Waals surface area contributed by atoms with E-state index >= 15 is 0 Å². The summed E-state index contributed by atoms with van der Waals surface area (Å²) in [4.78, 5) is 27.5. The summed E-state index contributed by atoms with van der Waals surface area (Å²) >= 11 is 6.28. The summed E-state index contributed by atoms with van der Waals surface area (Å²) < 4.78 is 0. The van der Waals surface area contributed by atoms with Gasteiger partial charge in [0.25, 0.3) is 0 Å². The smallest absolute Gasteiger partial charge is 0.244 e. The summed E-state index contributed by atoms with van der Waals surface area (Å²) in [5.41, 5.74) is 3.68. The molecule has 1 aliphatic rings. The minimum absolute atomic E-state index is 0.00995. The second-order valence-corrected chi connectivity index (χ2v) is 7.89. The van der Waals surface area contributed by atoms with E-state index in [1.165, 1.54) is 5.56 Å². The van der Waals surface area contributed by atoms with Crippen LogP contribution in [0.4, 0.5) is 5.69 Å². The minimum atomic E-state index is -0.372. The van der Waals surface area contributed by atoms with Crippen LogP contribution in [0.3, 0.4) is 0 Å². The Labute approximate surface area is 181 Å². The topological polar surface area (TPSA) is 49.4 Å². The van der Waals surface area contributed by atoms with Crippen molar-refractivity contribution < 1.29 is 9.59 Å². The van der Waals surface area contributed by atoms with Crippen LogP contribution in [0.5, 0.6) is 0 Å². The number of aryl methyl sites for hydroxylation is 1. The zero-order chi connectivity index (χ0) is 20.9. The van der Waals surface area contributed by atoms with Crippen molar-refractivity contribution in [2.24, 2.45) is 0 Å². The van der Waals surface area contributed by atoms with E-state index in [1.807, 2.05) is 54.6 Å². The summed E-state index contributed by atoms with van der Waals surface area (Å²) in [6.45, 7) is 0.00995. The van der Waals surface area contributed by atoms with Crippen molar-refractivity contribution in [3.05, 3.63) is 101 Å². The zero-order valence-corrected chi connectivity index (χ0v) is 17.3. The molecule has 5 heteroatoms. The number of nitrogens with one attached hydrogen (secondary N) is 1. The molecule has 0 radical (unpaired) electrons. The normalized spacial score (nSPS) is 15.8. The van der Waals surface area contributed by atoms with E-state index in [9.17, 15) is 9.59 Å². The fourth-order valence-corrected chi connectivity index (χ4v) is 4.12. The molecule has 4 nitrogen and oxygen atoms in total. The van der Waals surface area contributed by atoms with Gasteiger partial charge in [-0.25, -0.2) is 0 Å². The Kier molecular flexibility index (Phi) is 6.15. The Morgan fingerprint density at radius 1 is 1.00 bits per heavy atom. The zero-order valence-electron chi connectivity index (χ0n) is 16.6. The molecule has 0 saturated carbocycles. The van der Waals surface area contributed by atoms with Gasteiger partial charge in [-0.3, -0.25) is 9.59 Å². The molecule has 1 atom stereocenters. The number of fused-ring (bicyclic) bond motifs is 1. The average Bonchev–Trinajstić information content (AvgIpc) is 2.90. The van der Waals surface area contributed by atoms with Gasteiger partial charge < -0.3 is 10.2 Å². The summed E-state index contributed by atoms with van der Waals surface area (Å²) in [6.07, 6.45) is 1.93. The molecule has 0 spiro atoms. The predicted molar refractivity (Wildman–Crippen MR) is 119 cm³/mol. The van der Waals surface area contributed by atoms with E-state index in [1.54, 1.807) is 17.0 Å². The van der Waals surface area contributed by atoms with E-state index in [-0.39, 0.29) is 24.4 Å². The molecular weight excluding hydrogens is 396 g/mol. The standard InChI is InChI=1S/C25H23ClN2O2/c26-20-14-15-22-21(16-20)25(19-11-5-2-6-12-19)28(17-23(29)27-22)24(30)13-7-10-18-8-3-1-4-9-18/h1-6,8-9,11-12,14-16,25H,7,10,13,17H2,(H,27,29)/t25-/m0/s1. The van der Waals surface area contributed by atoms with Crippen LogP contribution in [0.1, 0.15) is 35.6 Å². The Bertz CT molecular complexity index is 1040. The van der Waals surface area contributed by atoms with Crippen LogP contribution in [0.2, 0.25) is 5.02 Å². The maximum Gasteiger partial charge on any atom is 0.244 e. The monoisotopic (exact) mass is 418 g/mol. The van der Waals surface area contributed by atoms with Crippen LogP contribution in [0.25, 0.3) is 0 Å². The highest BCUT2D eigenvalue weighted by molar-refractivity contribution is 6.30. The number of halogens is 1. The fourth-order valence-electron chi connectivity index (χ4n) is 3.94. The van der Waals surface area contributed by atoms with Gasteiger partial charge in [0.1, 0.15) is 6.54 Å². The first-order valence-electron chi connectivity index (χ1n) is 10.1. The van der Waals surface area contributed by atoms with Gasteiger partial charge >= 0.3 is 0 Å². The number of carbonyl (C=O) groups is 2. The van der Waals surface area contributed by atoms with E-state index in [0.29, 0.717) is 17.1 Å². The van der Waals surface area contributed by atoms with Crippen molar-refractivity contribution in [2.75, 3.05) is 11.9 Å². The number of hydrogen-bond acceptors (Lipinski definition) is 2. The third-order valence-electron chi connectivity index (χ3n) is 5.34. The second kappa shape index (κ2) is 9.14. The van der Waals surface area contributed by atoms with E-state index in [0.717, 1.165) is 24.0 Å². The average molecular weight is 419 g/mol. The molecule has 152 valence electrons. The molecule has 0 saturated heterocycles. The van der Waals surface area contributed by atoms with Crippen molar-refractivity contribution >= 4 is 29.1 Å². The molecule has 0 bridgehead atoms. The van der Waals surface area contributed by atoms with Crippen LogP contribution in [0, 0.1) is 0 Å². The van der Waals surface area contributed by atoms with Gasteiger partial charge in [0, 0.05) is 22.7 Å². The van der Waals surface area contributed by atoms with E-state index in [4.69, 9.17) is 11.6 Å². The Hall–Kier alpha value is -3.11. The Morgan fingerprint density at radius 2 is 1.70 bits per heavy atom. The van der Waals surface area contributed by atoms with Gasteiger partial charge in [-0.2, -0.15) is 0 Å². The SMILES string of the molecule is O=C1CN(C(=O)CCCc2ccccc2)[C@@H](c2ccccc2)c2cc(Cl)ccc2N1. The molecule has 0 unspecified atom stereocenters. The quantitative estimate of drug-likeness (QED) is 0.616. The molecule has 2 amide bonds. The molecule has 3 aromatic rings. The lowest BCUT2D eigenvalue weighted by molar-refractivity contribution is -0.136. The fraction of sp³-hybridized carbons (Fsp3) is 0.200. The molecule has 0 fully saturated rings. The first-order chi connectivity index (χ1) is 14.6. The van der Waals surface area contributed by atoms with Crippen molar-refractivity contribution in [3.8, 4) is 0 Å². The summed E-state index contributed by atoms with van der Waals surface area (Å²) in [5, 5.41) is 3.50. The maximum absolute atomic E-state index is 13.3. The largest absolute Gasteiger partial charge is 0.324 e. The third kappa shape index (κ3) is 4.55. The lowest BCUT2D eigenvalue weighted by Gasteiger charge is -2.30. The number of anilines is 1. The molecule has 1 N–H and O–H groups in total. The highest BCUT2D eigenvalue weighted by Gasteiger charge is 2.33. The van der Waals surface area contributed by atoms with Gasteiger partial charge in [-0.05, 0) is 42.2 Å². The van der Waals surface area contributed by atoms with Gasteiger partial charge in [0.15, 0.2) is 0 Å². The minimum Gasteiger partial charge on any atom is -0.324 e. The predicted octanol–water partition coefficient (Wildman–Crippen LogP) is 5.23. The second-order valence-electron chi connectivity index (χ2n) is 7.45. The van der Waals surface area contributed by atoms with E-state index < -0.39 is 0 Å². The Morgan fingerprint density at radius 3 is 2.43 bits per heavy atom. The number of rotatable bonds is 5. The van der Waals surface area contributed by atoms with Gasteiger partial charge in [-0.15, -0.1) is 0 Å². The van der Waals surface area contributed by atoms with Crippen molar-refractivity contribution in [2.45, 2.75) is 25.3 Å². The molecule has 4 rings (SSSR count). The molecule has 30 heavy (non-hydrogen) atoms.